The zero-order valence-electron chi connectivity index (χ0n) is 11.0. The Kier molecular flexibility index (Phi) is 3.48. The molecule has 1 N–H and O–H groups in total. The van der Waals surface area contributed by atoms with Crippen LogP contribution >= 0.6 is 11.6 Å². The molecule has 6 nitrogen and oxygen atoms in total. The van der Waals surface area contributed by atoms with E-state index in [1.165, 1.54) is 10.9 Å². The maximum absolute atomic E-state index is 11.9. The van der Waals surface area contributed by atoms with Crippen LogP contribution in [0, 0.1) is 0 Å². The number of hydrogen-bond acceptors (Lipinski definition) is 4. The smallest absolute Gasteiger partial charge is 0.331 e. The molecule has 1 spiro atoms. The number of rotatable bonds is 2. The molecule has 0 amide bonds. The Morgan fingerprint density at radius 2 is 2.10 bits per heavy atom. The summed E-state index contributed by atoms with van der Waals surface area (Å²) < 4.78 is 12.8. The third-order valence-corrected chi connectivity index (χ3v) is 4.53. The van der Waals surface area contributed by atoms with Crippen LogP contribution in [0.25, 0.3) is 0 Å². The lowest BCUT2D eigenvalue weighted by Gasteiger charge is -2.47. The average Bonchev–Trinajstić information content (AvgIpc) is 2.86. The molecule has 0 saturated carbocycles. The maximum Gasteiger partial charge on any atom is 0.331 e. The first-order chi connectivity index (χ1) is 9.56. The molecule has 0 aliphatic carbocycles. The zero-order valence-corrected chi connectivity index (χ0v) is 11.8. The van der Waals surface area contributed by atoms with Gasteiger partial charge >= 0.3 is 5.97 Å². The summed E-state index contributed by atoms with van der Waals surface area (Å²) in [4.78, 5) is 11.9. The minimum atomic E-state index is -1.08. The van der Waals surface area contributed by atoms with E-state index in [9.17, 15) is 9.90 Å². The molecule has 1 atom stereocenters. The van der Waals surface area contributed by atoms with Gasteiger partial charge in [-0.3, -0.25) is 4.68 Å². The van der Waals surface area contributed by atoms with Crippen LogP contribution in [0.5, 0.6) is 0 Å². The van der Waals surface area contributed by atoms with Gasteiger partial charge in [-0.25, -0.2) is 4.79 Å². The predicted octanol–water partition coefficient (Wildman–Crippen LogP) is 1.68. The number of hydrogen-bond donors (Lipinski definition) is 1. The molecule has 20 heavy (non-hydrogen) atoms. The standard InChI is InChI=1S/C13H17ClN2O4/c14-10-7-15-16(8-10)13(11(17)18)3-6-20-12(9-13)1-4-19-5-2-12/h7-8H,1-6,9H2,(H,17,18). The van der Waals surface area contributed by atoms with E-state index in [0.29, 0.717) is 37.7 Å². The molecule has 1 aromatic heterocycles. The number of halogens is 1. The molecular weight excluding hydrogens is 284 g/mol. The van der Waals surface area contributed by atoms with Crippen LogP contribution in [-0.4, -0.2) is 46.3 Å². The summed E-state index contributed by atoms with van der Waals surface area (Å²) in [5.41, 5.74) is -1.50. The van der Waals surface area contributed by atoms with Gasteiger partial charge in [0.2, 0.25) is 0 Å². The molecule has 1 aromatic rings. The minimum absolute atomic E-state index is 0.392. The first kappa shape index (κ1) is 13.9. The summed E-state index contributed by atoms with van der Waals surface area (Å²) in [7, 11) is 0. The Morgan fingerprint density at radius 3 is 2.70 bits per heavy atom. The van der Waals surface area contributed by atoms with Crippen LogP contribution in [0.4, 0.5) is 0 Å². The van der Waals surface area contributed by atoms with Crippen molar-refractivity contribution in [2.75, 3.05) is 19.8 Å². The minimum Gasteiger partial charge on any atom is -0.479 e. The molecule has 7 heteroatoms. The lowest BCUT2D eigenvalue weighted by molar-refractivity contribution is -0.185. The molecule has 0 radical (unpaired) electrons. The second kappa shape index (κ2) is 5.02. The Balaban J connectivity index is 1.96. The molecule has 3 rings (SSSR count). The largest absolute Gasteiger partial charge is 0.479 e. The monoisotopic (exact) mass is 300 g/mol. The molecule has 2 aliphatic heterocycles. The molecule has 2 saturated heterocycles. The summed E-state index contributed by atoms with van der Waals surface area (Å²) in [6.07, 6.45) is 5.28. The Labute approximate surface area is 121 Å². The van der Waals surface area contributed by atoms with Gasteiger partial charge in [0, 0.05) is 32.3 Å². The Hall–Kier alpha value is -1.11. The van der Waals surface area contributed by atoms with Gasteiger partial charge in [0.25, 0.3) is 0 Å². The summed E-state index contributed by atoms with van der Waals surface area (Å²) >= 11 is 5.90. The highest BCUT2D eigenvalue weighted by Gasteiger charge is 2.52. The van der Waals surface area contributed by atoms with Crippen molar-refractivity contribution in [3.8, 4) is 0 Å². The van der Waals surface area contributed by atoms with Gasteiger partial charge in [-0.15, -0.1) is 0 Å². The van der Waals surface area contributed by atoms with E-state index in [-0.39, 0.29) is 0 Å². The lowest BCUT2D eigenvalue weighted by Crippen LogP contribution is -2.56. The summed E-state index contributed by atoms with van der Waals surface area (Å²) in [5.74, 6) is -0.883. The molecule has 0 bridgehead atoms. The number of nitrogens with zero attached hydrogens (tertiary/aromatic N) is 2. The van der Waals surface area contributed by atoms with Crippen molar-refractivity contribution in [1.82, 2.24) is 9.78 Å². The molecule has 3 heterocycles. The van der Waals surface area contributed by atoms with E-state index in [4.69, 9.17) is 21.1 Å². The number of carboxylic acid groups (broad SMARTS) is 1. The third kappa shape index (κ3) is 2.21. The highest BCUT2D eigenvalue weighted by atomic mass is 35.5. The Morgan fingerprint density at radius 1 is 1.35 bits per heavy atom. The van der Waals surface area contributed by atoms with Crippen molar-refractivity contribution >= 4 is 17.6 Å². The normalized spacial score (nSPS) is 29.4. The third-order valence-electron chi connectivity index (χ3n) is 4.33. The van der Waals surface area contributed by atoms with Crippen molar-refractivity contribution in [2.45, 2.75) is 36.8 Å². The lowest BCUT2D eigenvalue weighted by atomic mass is 9.76. The molecule has 110 valence electrons. The van der Waals surface area contributed by atoms with Gasteiger partial charge in [0.15, 0.2) is 5.54 Å². The van der Waals surface area contributed by atoms with Crippen LogP contribution < -0.4 is 0 Å². The van der Waals surface area contributed by atoms with Crippen LogP contribution in [-0.2, 0) is 19.8 Å². The first-order valence-corrected chi connectivity index (χ1v) is 7.10. The van der Waals surface area contributed by atoms with Gasteiger partial charge in [-0.05, 0) is 12.8 Å². The number of ether oxygens (including phenoxy) is 2. The SMILES string of the molecule is O=C(O)C1(n2cc(Cl)cn2)CCOC2(CCOCC2)C1. The van der Waals surface area contributed by atoms with Gasteiger partial charge < -0.3 is 14.6 Å². The molecular formula is C13H17ClN2O4. The fourth-order valence-electron chi connectivity index (χ4n) is 3.18. The number of aliphatic carboxylic acids is 1. The van der Waals surface area contributed by atoms with E-state index in [1.807, 2.05) is 0 Å². The van der Waals surface area contributed by atoms with Crippen molar-refractivity contribution in [1.29, 1.82) is 0 Å². The fourth-order valence-corrected chi connectivity index (χ4v) is 3.32. The number of aromatic nitrogens is 2. The van der Waals surface area contributed by atoms with Crippen LogP contribution in [0.1, 0.15) is 25.7 Å². The highest BCUT2D eigenvalue weighted by molar-refractivity contribution is 6.30. The van der Waals surface area contributed by atoms with E-state index in [1.54, 1.807) is 6.20 Å². The van der Waals surface area contributed by atoms with Crippen molar-refractivity contribution < 1.29 is 19.4 Å². The summed E-state index contributed by atoms with van der Waals surface area (Å²) in [5, 5.41) is 14.3. The Bertz CT molecular complexity index is 507. The first-order valence-electron chi connectivity index (χ1n) is 6.72. The van der Waals surface area contributed by atoms with E-state index in [0.717, 1.165) is 12.8 Å². The predicted molar refractivity (Wildman–Crippen MR) is 70.8 cm³/mol. The van der Waals surface area contributed by atoms with E-state index < -0.39 is 17.1 Å². The second-order valence-corrected chi connectivity index (χ2v) is 5.95. The summed E-state index contributed by atoms with van der Waals surface area (Å²) in [6, 6.07) is 0. The average molecular weight is 301 g/mol. The number of carboxylic acids is 1. The summed E-state index contributed by atoms with van der Waals surface area (Å²) in [6.45, 7) is 1.62. The number of carbonyl (C=O) groups is 1. The maximum atomic E-state index is 11.9. The van der Waals surface area contributed by atoms with Gasteiger partial charge in [0.1, 0.15) is 0 Å². The molecule has 2 aliphatic rings. The van der Waals surface area contributed by atoms with Gasteiger partial charge in [0.05, 0.1) is 23.4 Å². The van der Waals surface area contributed by atoms with Crippen molar-refractivity contribution in [2.24, 2.45) is 0 Å². The van der Waals surface area contributed by atoms with Gasteiger partial charge in [-0.2, -0.15) is 5.10 Å². The topological polar surface area (TPSA) is 73.6 Å². The van der Waals surface area contributed by atoms with Gasteiger partial charge in [-0.1, -0.05) is 11.6 Å². The molecule has 0 aromatic carbocycles. The zero-order chi connectivity index (χ0) is 14.2. The van der Waals surface area contributed by atoms with E-state index in [2.05, 4.69) is 5.10 Å². The second-order valence-electron chi connectivity index (χ2n) is 5.51. The highest BCUT2D eigenvalue weighted by Crippen LogP contribution is 2.43. The molecule has 1 unspecified atom stereocenters. The van der Waals surface area contributed by atoms with Crippen molar-refractivity contribution in [3.63, 3.8) is 0 Å². The fraction of sp³-hybridized carbons (Fsp3) is 0.692. The van der Waals surface area contributed by atoms with Crippen LogP contribution in [0.15, 0.2) is 12.4 Å². The van der Waals surface area contributed by atoms with E-state index >= 15 is 0 Å². The molecule has 2 fully saturated rings. The van der Waals surface area contributed by atoms with Crippen molar-refractivity contribution in [3.05, 3.63) is 17.4 Å². The quantitative estimate of drug-likeness (QED) is 0.899. The van der Waals surface area contributed by atoms with Crippen LogP contribution in [0.2, 0.25) is 5.02 Å². The van der Waals surface area contributed by atoms with Crippen LogP contribution in [0.3, 0.4) is 0 Å².